The SMILES string of the molecule is CCn1cc(Oc2ccc(CNC(C)C)cc2C)cn1. The molecule has 1 N–H and O–H groups in total. The van der Waals surface area contributed by atoms with Crippen LogP contribution in [0.4, 0.5) is 0 Å². The van der Waals surface area contributed by atoms with E-state index in [1.54, 1.807) is 6.20 Å². The summed E-state index contributed by atoms with van der Waals surface area (Å²) in [6.45, 7) is 10.1. The first-order chi connectivity index (χ1) is 9.58. The molecular formula is C16H23N3O. The summed E-state index contributed by atoms with van der Waals surface area (Å²) in [5.74, 6) is 1.66. The van der Waals surface area contributed by atoms with Crippen LogP contribution in [0, 0.1) is 6.92 Å². The number of nitrogens with one attached hydrogen (secondary N) is 1. The summed E-state index contributed by atoms with van der Waals surface area (Å²) in [6.07, 6.45) is 3.66. The maximum absolute atomic E-state index is 5.87. The summed E-state index contributed by atoms with van der Waals surface area (Å²) in [4.78, 5) is 0. The first kappa shape index (κ1) is 14.6. The Balaban J connectivity index is 2.05. The Hall–Kier alpha value is -1.81. The van der Waals surface area contributed by atoms with E-state index in [0.29, 0.717) is 6.04 Å². The fourth-order valence-corrected chi connectivity index (χ4v) is 1.96. The zero-order valence-corrected chi connectivity index (χ0v) is 12.7. The highest BCUT2D eigenvalue weighted by Crippen LogP contribution is 2.25. The van der Waals surface area contributed by atoms with Crippen LogP contribution in [0.25, 0.3) is 0 Å². The molecule has 1 aromatic carbocycles. The Morgan fingerprint density at radius 3 is 2.75 bits per heavy atom. The molecule has 0 bridgehead atoms. The van der Waals surface area contributed by atoms with Crippen LogP contribution in [0.5, 0.6) is 11.5 Å². The van der Waals surface area contributed by atoms with Gasteiger partial charge in [0.1, 0.15) is 5.75 Å². The zero-order chi connectivity index (χ0) is 14.5. The molecule has 0 aliphatic carbocycles. The smallest absolute Gasteiger partial charge is 0.165 e. The van der Waals surface area contributed by atoms with E-state index < -0.39 is 0 Å². The van der Waals surface area contributed by atoms with Crippen molar-refractivity contribution in [3.8, 4) is 11.5 Å². The van der Waals surface area contributed by atoms with Gasteiger partial charge in [0.05, 0.1) is 12.4 Å². The Kier molecular flexibility index (Phi) is 4.79. The van der Waals surface area contributed by atoms with Crippen LogP contribution in [-0.2, 0) is 13.1 Å². The largest absolute Gasteiger partial charge is 0.454 e. The van der Waals surface area contributed by atoms with Crippen molar-refractivity contribution in [3.63, 3.8) is 0 Å². The monoisotopic (exact) mass is 273 g/mol. The molecule has 20 heavy (non-hydrogen) atoms. The molecule has 2 rings (SSSR count). The van der Waals surface area contributed by atoms with Gasteiger partial charge in [-0.3, -0.25) is 4.68 Å². The van der Waals surface area contributed by atoms with Crippen LogP contribution in [0.3, 0.4) is 0 Å². The van der Waals surface area contributed by atoms with Crippen molar-refractivity contribution in [2.45, 2.75) is 46.8 Å². The van der Waals surface area contributed by atoms with E-state index in [0.717, 1.165) is 30.2 Å². The molecule has 108 valence electrons. The molecule has 4 nitrogen and oxygen atoms in total. The van der Waals surface area contributed by atoms with Crippen LogP contribution in [-0.4, -0.2) is 15.8 Å². The van der Waals surface area contributed by atoms with E-state index in [-0.39, 0.29) is 0 Å². The highest BCUT2D eigenvalue weighted by Gasteiger charge is 2.05. The van der Waals surface area contributed by atoms with Gasteiger partial charge in [-0.15, -0.1) is 0 Å². The molecule has 0 fully saturated rings. The van der Waals surface area contributed by atoms with Crippen LogP contribution in [0.1, 0.15) is 31.9 Å². The predicted molar refractivity (Wildman–Crippen MR) is 81.1 cm³/mol. The molecule has 0 aliphatic heterocycles. The number of rotatable bonds is 6. The van der Waals surface area contributed by atoms with Crippen molar-refractivity contribution in [3.05, 3.63) is 41.7 Å². The van der Waals surface area contributed by atoms with Crippen molar-refractivity contribution in [2.24, 2.45) is 0 Å². The third kappa shape index (κ3) is 3.84. The minimum Gasteiger partial charge on any atom is -0.454 e. The first-order valence-electron chi connectivity index (χ1n) is 7.11. The highest BCUT2D eigenvalue weighted by molar-refractivity contribution is 5.38. The number of nitrogens with zero attached hydrogens (tertiary/aromatic N) is 2. The van der Waals surface area contributed by atoms with Gasteiger partial charge < -0.3 is 10.1 Å². The Labute approximate surface area is 120 Å². The summed E-state index contributed by atoms with van der Waals surface area (Å²) in [5.41, 5.74) is 2.41. The van der Waals surface area contributed by atoms with Gasteiger partial charge in [-0.1, -0.05) is 26.0 Å². The number of benzene rings is 1. The molecular weight excluding hydrogens is 250 g/mol. The van der Waals surface area contributed by atoms with E-state index >= 15 is 0 Å². The standard InChI is InChI=1S/C16H23N3O/c1-5-19-11-15(10-18-19)20-16-7-6-14(8-13(16)4)9-17-12(2)3/h6-8,10-12,17H,5,9H2,1-4H3. The molecule has 2 aromatic rings. The minimum absolute atomic E-state index is 0.492. The Morgan fingerprint density at radius 2 is 2.15 bits per heavy atom. The molecule has 4 heteroatoms. The van der Waals surface area contributed by atoms with Crippen molar-refractivity contribution in [1.29, 1.82) is 0 Å². The van der Waals surface area contributed by atoms with Gasteiger partial charge in [0, 0.05) is 19.1 Å². The van der Waals surface area contributed by atoms with E-state index in [4.69, 9.17) is 4.74 Å². The second-order valence-corrected chi connectivity index (χ2v) is 5.27. The molecule has 0 unspecified atom stereocenters. The summed E-state index contributed by atoms with van der Waals surface area (Å²) in [7, 11) is 0. The van der Waals surface area contributed by atoms with Crippen LogP contribution >= 0.6 is 0 Å². The fraction of sp³-hybridized carbons (Fsp3) is 0.438. The van der Waals surface area contributed by atoms with E-state index in [1.165, 1.54) is 5.56 Å². The summed E-state index contributed by atoms with van der Waals surface area (Å²) in [5, 5.41) is 7.62. The Bertz CT molecular complexity index is 561. The average molecular weight is 273 g/mol. The number of ether oxygens (including phenoxy) is 1. The second-order valence-electron chi connectivity index (χ2n) is 5.27. The van der Waals surface area contributed by atoms with Gasteiger partial charge in [0.25, 0.3) is 0 Å². The lowest BCUT2D eigenvalue weighted by Crippen LogP contribution is -2.21. The lowest BCUT2D eigenvalue weighted by molar-refractivity contribution is 0.477. The maximum atomic E-state index is 5.87. The molecule has 1 aromatic heterocycles. The van der Waals surface area contributed by atoms with Crippen molar-refractivity contribution < 1.29 is 4.74 Å². The molecule has 0 atom stereocenters. The van der Waals surface area contributed by atoms with E-state index in [2.05, 4.69) is 50.2 Å². The Morgan fingerprint density at radius 1 is 1.35 bits per heavy atom. The topological polar surface area (TPSA) is 39.1 Å². The third-order valence-electron chi connectivity index (χ3n) is 3.12. The van der Waals surface area contributed by atoms with Gasteiger partial charge in [0.2, 0.25) is 0 Å². The summed E-state index contributed by atoms with van der Waals surface area (Å²) >= 11 is 0. The average Bonchev–Trinajstić information content (AvgIpc) is 2.87. The minimum atomic E-state index is 0.492. The second kappa shape index (κ2) is 6.57. The van der Waals surface area contributed by atoms with Gasteiger partial charge in [-0.25, -0.2) is 0 Å². The number of aryl methyl sites for hydroxylation is 2. The summed E-state index contributed by atoms with van der Waals surface area (Å²) < 4.78 is 7.72. The number of hydrogen-bond donors (Lipinski definition) is 1. The zero-order valence-electron chi connectivity index (χ0n) is 12.7. The lowest BCUT2D eigenvalue weighted by Gasteiger charge is -2.11. The van der Waals surface area contributed by atoms with Crippen LogP contribution < -0.4 is 10.1 Å². The summed E-state index contributed by atoms with van der Waals surface area (Å²) in [6, 6.07) is 6.78. The lowest BCUT2D eigenvalue weighted by atomic mass is 10.1. The van der Waals surface area contributed by atoms with Crippen LogP contribution in [0.2, 0.25) is 0 Å². The van der Waals surface area contributed by atoms with Gasteiger partial charge in [-0.05, 0) is 31.0 Å². The molecule has 1 heterocycles. The number of aromatic nitrogens is 2. The third-order valence-corrected chi connectivity index (χ3v) is 3.12. The number of hydrogen-bond acceptors (Lipinski definition) is 3. The van der Waals surface area contributed by atoms with Crippen molar-refractivity contribution >= 4 is 0 Å². The fourth-order valence-electron chi connectivity index (χ4n) is 1.96. The molecule has 0 amide bonds. The molecule has 0 saturated heterocycles. The normalized spacial score (nSPS) is 11.1. The van der Waals surface area contributed by atoms with Gasteiger partial charge in [-0.2, -0.15) is 5.10 Å². The quantitative estimate of drug-likeness (QED) is 0.875. The molecule has 0 radical (unpaired) electrons. The maximum Gasteiger partial charge on any atom is 0.165 e. The van der Waals surface area contributed by atoms with E-state index in [9.17, 15) is 0 Å². The molecule has 0 aliphatic rings. The molecule has 0 spiro atoms. The highest BCUT2D eigenvalue weighted by atomic mass is 16.5. The van der Waals surface area contributed by atoms with Gasteiger partial charge in [0.15, 0.2) is 5.75 Å². The van der Waals surface area contributed by atoms with Crippen LogP contribution in [0.15, 0.2) is 30.6 Å². The molecule has 0 saturated carbocycles. The van der Waals surface area contributed by atoms with Gasteiger partial charge >= 0.3 is 0 Å². The first-order valence-corrected chi connectivity index (χ1v) is 7.11. The van der Waals surface area contributed by atoms with E-state index in [1.807, 2.05) is 16.9 Å². The predicted octanol–water partition coefficient (Wildman–Crippen LogP) is 3.50. The van der Waals surface area contributed by atoms with Crippen molar-refractivity contribution in [1.82, 2.24) is 15.1 Å². The van der Waals surface area contributed by atoms with Crippen molar-refractivity contribution in [2.75, 3.05) is 0 Å².